The fraction of sp³-hybridized carbons (Fsp3) is 0.389. The molecule has 8 nitrogen and oxygen atoms in total. The van der Waals surface area contributed by atoms with E-state index < -0.39 is 0 Å². The molecule has 0 spiro atoms. The smallest absolute Gasteiger partial charge is 0.234 e. The lowest BCUT2D eigenvalue weighted by atomic mass is 10.2. The van der Waals surface area contributed by atoms with Crippen LogP contribution in [0.15, 0.2) is 18.2 Å². The van der Waals surface area contributed by atoms with Gasteiger partial charge in [-0.1, -0.05) is 6.07 Å². The molecular weight excluding hydrogens is 368 g/mol. The van der Waals surface area contributed by atoms with E-state index in [1.165, 1.54) is 18.3 Å². The summed E-state index contributed by atoms with van der Waals surface area (Å²) in [4.78, 5) is 31.1. The monoisotopic (exact) mass is 388 g/mol. The number of hydrogen-bond donors (Lipinski definition) is 2. The minimum atomic E-state index is -0.124. The maximum absolute atomic E-state index is 12.3. The Morgan fingerprint density at radius 1 is 1.30 bits per heavy atom. The van der Waals surface area contributed by atoms with Gasteiger partial charge in [0.05, 0.1) is 12.2 Å². The molecule has 0 saturated carbocycles. The SMILES string of the molecule is CC(=O)Nc1nc2c(s1)CN(CC(=O)NCc1ccc3c(c1)OCO3)CC2. The number of benzene rings is 1. The summed E-state index contributed by atoms with van der Waals surface area (Å²) in [5.74, 6) is 1.30. The number of nitrogens with zero attached hydrogens (tertiary/aromatic N) is 2. The molecule has 0 bridgehead atoms. The number of hydrogen-bond acceptors (Lipinski definition) is 7. The summed E-state index contributed by atoms with van der Waals surface area (Å²) >= 11 is 1.47. The highest BCUT2D eigenvalue weighted by Gasteiger charge is 2.22. The number of anilines is 1. The van der Waals surface area contributed by atoms with Crippen molar-refractivity contribution in [1.82, 2.24) is 15.2 Å². The van der Waals surface area contributed by atoms with Crippen molar-refractivity contribution in [3.05, 3.63) is 34.3 Å². The Labute approximate surface area is 160 Å². The van der Waals surface area contributed by atoms with Gasteiger partial charge in [-0.25, -0.2) is 4.98 Å². The quantitative estimate of drug-likeness (QED) is 0.807. The van der Waals surface area contributed by atoms with E-state index in [-0.39, 0.29) is 18.6 Å². The molecule has 4 rings (SSSR count). The highest BCUT2D eigenvalue weighted by atomic mass is 32.1. The molecule has 1 aromatic carbocycles. The van der Waals surface area contributed by atoms with Gasteiger partial charge in [0.25, 0.3) is 0 Å². The number of carbonyl (C=O) groups is 2. The standard InChI is InChI=1S/C18H20N4O4S/c1-11(23)20-18-21-13-4-5-22(8-16(13)27-18)9-17(24)19-7-12-2-3-14-15(6-12)26-10-25-14/h2-3,6H,4-5,7-10H2,1H3,(H,19,24)(H,20,21,23). The van der Waals surface area contributed by atoms with Gasteiger partial charge < -0.3 is 20.1 Å². The van der Waals surface area contributed by atoms with E-state index in [2.05, 4.69) is 20.5 Å². The second kappa shape index (κ2) is 7.53. The molecule has 142 valence electrons. The van der Waals surface area contributed by atoms with Crippen LogP contribution in [0.25, 0.3) is 0 Å². The lowest BCUT2D eigenvalue weighted by Crippen LogP contribution is -2.39. The van der Waals surface area contributed by atoms with Crippen molar-refractivity contribution in [2.75, 3.05) is 25.2 Å². The molecule has 0 radical (unpaired) electrons. The summed E-state index contributed by atoms with van der Waals surface area (Å²) in [5, 5.41) is 6.30. The predicted molar refractivity (Wildman–Crippen MR) is 99.8 cm³/mol. The number of carbonyl (C=O) groups excluding carboxylic acids is 2. The molecule has 0 unspecified atom stereocenters. The first kappa shape index (κ1) is 17.7. The van der Waals surface area contributed by atoms with Crippen LogP contribution in [0.5, 0.6) is 11.5 Å². The van der Waals surface area contributed by atoms with Crippen molar-refractivity contribution >= 4 is 28.3 Å². The van der Waals surface area contributed by atoms with Gasteiger partial charge in [-0.15, -0.1) is 11.3 Å². The Hall–Kier alpha value is -2.65. The average molecular weight is 388 g/mol. The van der Waals surface area contributed by atoms with Gasteiger partial charge in [-0.3, -0.25) is 14.5 Å². The summed E-state index contributed by atoms with van der Waals surface area (Å²) in [6.45, 7) is 3.93. The van der Waals surface area contributed by atoms with Gasteiger partial charge >= 0.3 is 0 Å². The molecule has 2 aliphatic heterocycles. The van der Waals surface area contributed by atoms with Crippen molar-refractivity contribution in [2.45, 2.75) is 26.4 Å². The third-order valence-corrected chi connectivity index (χ3v) is 5.38. The van der Waals surface area contributed by atoms with Crippen LogP contribution in [0.4, 0.5) is 5.13 Å². The third kappa shape index (κ3) is 4.20. The number of thiazole rings is 1. The van der Waals surface area contributed by atoms with Gasteiger partial charge in [-0.2, -0.15) is 0 Å². The zero-order valence-corrected chi connectivity index (χ0v) is 15.7. The summed E-state index contributed by atoms with van der Waals surface area (Å²) in [5.41, 5.74) is 1.98. The molecule has 0 saturated heterocycles. The van der Waals surface area contributed by atoms with Crippen molar-refractivity contribution in [1.29, 1.82) is 0 Å². The van der Waals surface area contributed by atoms with Gasteiger partial charge in [0.2, 0.25) is 18.6 Å². The predicted octanol–water partition coefficient (Wildman–Crippen LogP) is 1.50. The number of rotatable bonds is 5. The van der Waals surface area contributed by atoms with Crippen LogP contribution in [0.3, 0.4) is 0 Å². The van der Waals surface area contributed by atoms with E-state index in [1.807, 2.05) is 18.2 Å². The zero-order valence-electron chi connectivity index (χ0n) is 14.9. The molecule has 1 aromatic heterocycles. The fourth-order valence-electron chi connectivity index (χ4n) is 3.10. The lowest BCUT2D eigenvalue weighted by molar-refractivity contribution is -0.122. The molecule has 3 heterocycles. The van der Waals surface area contributed by atoms with Crippen LogP contribution < -0.4 is 20.1 Å². The molecule has 0 fully saturated rings. The van der Waals surface area contributed by atoms with Crippen LogP contribution in [0.1, 0.15) is 23.1 Å². The maximum Gasteiger partial charge on any atom is 0.234 e. The van der Waals surface area contributed by atoms with E-state index in [0.717, 1.165) is 34.8 Å². The van der Waals surface area contributed by atoms with Crippen molar-refractivity contribution in [3.63, 3.8) is 0 Å². The Morgan fingerprint density at radius 3 is 3.00 bits per heavy atom. The second-order valence-electron chi connectivity index (χ2n) is 6.50. The second-order valence-corrected chi connectivity index (χ2v) is 7.58. The van der Waals surface area contributed by atoms with E-state index in [4.69, 9.17) is 9.47 Å². The first-order chi connectivity index (χ1) is 13.1. The number of aromatic nitrogens is 1. The molecule has 9 heteroatoms. The normalized spacial score (nSPS) is 15.3. The Balaban J connectivity index is 1.29. The number of amides is 2. The van der Waals surface area contributed by atoms with Crippen LogP contribution in [-0.4, -0.2) is 41.6 Å². The van der Waals surface area contributed by atoms with E-state index >= 15 is 0 Å². The highest BCUT2D eigenvalue weighted by molar-refractivity contribution is 7.15. The van der Waals surface area contributed by atoms with Crippen LogP contribution in [0.2, 0.25) is 0 Å². The van der Waals surface area contributed by atoms with Crippen molar-refractivity contribution in [3.8, 4) is 11.5 Å². The Bertz CT molecular complexity index is 882. The van der Waals surface area contributed by atoms with E-state index in [9.17, 15) is 9.59 Å². The average Bonchev–Trinajstić information content (AvgIpc) is 3.24. The van der Waals surface area contributed by atoms with Gasteiger partial charge in [0.15, 0.2) is 16.6 Å². The van der Waals surface area contributed by atoms with Crippen molar-refractivity contribution in [2.24, 2.45) is 0 Å². The number of ether oxygens (including phenoxy) is 2. The third-order valence-electron chi connectivity index (χ3n) is 4.39. The Morgan fingerprint density at radius 2 is 2.15 bits per heavy atom. The first-order valence-electron chi connectivity index (χ1n) is 8.70. The minimum absolute atomic E-state index is 0.0253. The number of nitrogens with one attached hydrogen (secondary N) is 2. The largest absolute Gasteiger partial charge is 0.454 e. The lowest BCUT2D eigenvalue weighted by Gasteiger charge is -2.25. The zero-order chi connectivity index (χ0) is 18.8. The molecule has 27 heavy (non-hydrogen) atoms. The summed E-state index contributed by atoms with van der Waals surface area (Å²) in [6.07, 6.45) is 0.779. The minimum Gasteiger partial charge on any atom is -0.454 e. The van der Waals surface area contributed by atoms with Crippen LogP contribution in [0, 0.1) is 0 Å². The Kier molecular flexibility index (Phi) is 4.95. The van der Waals surface area contributed by atoms with Crippen LogP contribution in [-0.2, 0) is 29.1 Å². The molecule has 2 N–H and O–H groups in total. The van der Waals surface area contributed by atoms with Crippen molar-refractivity contribution < 1.29 is 19.1 Å². The summed E-state index contributed by atoms with van der Waals surface area (Å²) in [6, 6.07) is 5.66. The van der Waals surface area contributed by atoms with Gasteiger partial charge in [-0.05, 0) is 17.7 Å². The molecule has 2 aliphatic rings. The molecule has 2 aromatic rings. The maximum atomic E-state index is 12.3. The van der Waals surface area contributed by atoms with Crippen LogP contribution >= 0.6 is 11.3 Å². The van der Waals surface area contributed by atoms with E-state index in [0.29, 0.717) is 30.5 Å². The topological polar surface area (TPSA) is 92.8 Å². The summed E-state index contributed by atoms with van der Waals surface area (Å²) in [7, 11) is 0. The molecule has 2 amide bonds. The van der Waals surface area contributed by atoms with Gasteiger partial charge in [0, 0.05) is 37.9 Å². The summed E-state index contributed by atoms with van der Waals surface area (Å²) < 4.78 is 10.6. The van der Waals surface area contributed by atoms with Gasteiger partial charge in [0.1, 0.15) is 0 Å². The fourth-order valence-corrected chi connectivity index (χ4v) is 4.19. The highest BCUT2D eigenvalue weighted by Crippen LogP contribution is 2.32. The molecule has 0 atom stereocenters. The molecular formula is C18H20N4O4S. The number of fused-ring (bicyclic) bond motifs is 2. The van der Waals surface area contributed by atoms with E-state index in [1.54, 1.807) is 0 Å². The molecule has 0 aliphatic carbocycles. The first-order valence-corrected chi connectivity index (χ1v) is 9.52.